The van der Waals surface area contributed by atoms with Crippen LogP contribution in [-0.2, 0) is 44.8 Å². The molecule has 3 aromatic rings. The van der Waals surface area contributed by atoms with Gasteiger partial charge in [0.25, 0.3) is 0 Å². The van der Waals surface area contributed by atoms with Gasteiger partial charge in [0.15, 0.2) is 0 Å². The molecule has 0 radical (unpaired) electrons. The summed E-state index contributed by atoms with van der Waals surface area (Å²) < 4.78 is 54.1. The van der Waals surface area contributed by atoms with Crippen LogP contribution in [0.1, 0.15) is 57.1 Å². The molecule has 0 unspecified atom stereocenters. The van der Waals surface area contributed by atoms with Gasteiger partial charge in [-0.2, -0.15) is 0 Å². The Morgan fingerprint density at radius 3 is 2.62 bits per heavy atom. The Morgan fingerprint density at radius 2 is 1.97 bits per heavy atom. The lowest BCUT2D eigenvalue weighted by molar-refractivity contribution is -0.134. The van der Waals surface area contributed by atoms with Crippen molar-refractivity contribution in [1.82, 2.24) is 14.5 Å². The molecule has 0 bridgehead atoms. The second-order valence-corrected chi connectivity index (χ2v) is 12.6. The Kier molecular flexibility index (Phi) is 8.18. The number of hydrogen-bond donors (Lipinski definition) is 0. The van der Waals surface area contributed by atoms with Crippen molar-refractivity contribution in [1.29, 1.82) is 0 Å². The Bertz CT molecular complexity index is 1310. The maximum Gasteiger partial charge on any atom is 0.228 e. The summed E-state index contributed by atoms with van der Waals surface area (Å²) >= 11 is 0. The topological polar surface area (TPSA) is 94.6 Å². The fraction of sp³-hybridized carbons (Fsp3) is 0.481. The molecule has 0 N–H and O–H groups in total. The number of halogens is 1. The van der Waals surface area contributed by atoms with Crippen LogP contribution in [0.3, 0.4) is 0 Å². The highest BCUT2D eigenvalue weighted by atomic mass is 32.2. The molecule has 1 atom stereocenters. The lowest BCUT2D eigenvalue weighted by Gasteiger charge is -2.27. The standard InChI is InChI=1S/C27H34FN3O5S/c1-27(2,3)14-25(32)30(17-22-9-6-12-35-22)16-21-15-29-26(31(21)18-23-10-7-13-36-23)37(33,34)19-20-8-4-5-11-24(20)28/h4-6,8-9,11-12,15,23H,7,10,13-14,16-19H2,1-3H3/t23-/m1/s1. The molecule has 8 nitrogen and oxygen atoms in total. The number of rotatable bonds is 10. The summed E-state index contributed by atoms with van der Waals surface area (Å²) in [5, 5.41) is -0.150. The number of amides is 1. The number of furan rings is 1. The number of aromatic nitrogens is 2. The molecule has 1 fully saturated rings. The van der Waals surface area contributed by atoms with E-state index in [9.17, 15) is 17.6 Å². The van der Waals surface area contributed by atoms with Gasteiger partial charge >= 0.3 is 0 Å². The third-order valence-electron chi connectivity index (χ3n) is 6.21. The summed E-state index contributed by atoms with van der Waals surface area (Å²) in [6.45, 7) is 7.25. The minimum absolute atomic E-state index is 0.0791. The van der Waals surface area contributed by atoms with Crippen molar-refractivity contribution < 1.29 is 26.8 Å². The number of imidazole rings is 1. The number of benzene rings is 1. The monoisotopic (exact) mass is 531 g/mol. The molecule has 2 aromatic heterocycles. The molecule has 1 aromatic carbocycles. The third kappa shape index (κ3) is 7.07. The van der Waals surface area contributed by atoms with E-state index in [1.807, 2.05) is 20.8 Å². The molecule has 1 aliphatic rings. The van der Waals surface area contributed by atoms with Crippen molar-refractivity contribution in [3.63, 3.8) is 0 Å². The van der Waals surface area contributed by atoms with Gasteiger partial charge in [-0.3, -0.25) is 4.79 Å². The zero-order valence-electron chi connectivity index (χ0n) is 21.5. The molecule has 37 heavy (non-hydrogen) atoms. The Labute approximate surface area is 217 Å². The summed E-state index contributed by atoms with van der Waals surface area (Å²) in [5.41, 5.74) is 0.414. The van der Waals surface area contributed by atoms with E-state index in [-0.39, 0.29) is 47.8 Å². The highest BCUT2D eigenvalue weighted by Crippen LogP contribution is 2.26. The molecular formula is C27H34FN3O5S. The molecule has 4 rings (SSSR count). The molecule has 1 aliphatic heterocycles. The van der Waals surface area contributed by atoms with Crippen LogP contribution in [0.5, 0.6) is 0 Å². The highest BCUT2D eigenvalue weighted by Gasteiger charge is 2.30. The number of sulfone groups is 1. The second-order valence-electron chi connectivity index (χ2n) is 10.7. The van der Waals surface area contributed by atoms with Gasteiger partial charge in [0.05, 0.1) is 49.6 Å². The zero-order chi connectivity index (χ0) is 26.6. The smallest absolute Gasteiger partial charge is 0.228 e. The molecule has 0 saturated carbocycles. The van der Waals surface area contributed by atoms with Crippen molar-refractivity contribution >= 4 is 15.7 Å². The van der Waals surface area contributed by atoms with Crippen molar-refractivity contribution in [3.05, 3.63) is 71.7 Å². The Hall–Kier alpha value is -2.98. The van der Waals surface area contributed by atoms with Gasteiger partial charge in [0.2, 0.25) is 20.9 Å². The summed E-state index contributed by atoms with van der Waals surface area (Å²) in [4.78, 5) is 19.2. The van der Waals surface area contributed by atoms with Crippen LogP contribution in [0.2, 0.25) is 0 Å². The van der Waals surface area contributed by atoms with Gasteiger partial charge in [-0.25, -0.2) is 17.8 Å². The van der Waals surface area contributed by atoms with Crippen molar-refractivity contribution in [3.8, 4) is 0 Å². The quantitative estimate of drug-likeness (QED) is 0.375. The van der Waals surface area contributed by atoms with Gasteiger partial charge in [-0.15, -0.1) is 0 Å². The largest absolute Gasteiger partial charge is 0.467 e. The molecule has 1 amide bonds. The van der Waals surface area contributed by atoms with Gasteiger partial charge in [-0.05, 0) is 36.5 Å². The molecule has 200 valence electrons. The summed E-state index contributed by atoms with van der Waals surface area (Å²) in [6.07, 6.45) is 4.87. The normalized spacial score (nSPS) is 16.3. The first-order valence-electron chi connectivity index (χ1n) is 12.4. The number of nitrogens with zero attached hydrogens (tertiary/aromatic N) is 3. The van der Waals surface area contributed by atoms with E-state index < -0.39 is 21.4 Å². The highest BCUT2D eigenvalue weighted by molar-refractivity contribution is 7.90. The first-order valence-corrected chi connectivity index (χ1v) is 14.1. The predicted molar refractivity (Wildman–Crippen MR) is 136 cm³/mol. The van der Waals surface area contributed by atoms with Gasteiger partial charge in [0.1, 0.15) is 11.6 Å². The first kappa shape index (κ1) is 27.1. The fourth-order valence-electron chi connectivity index (χ4n) is 4.42. The van der Waals surface area contributed by atoms with Crippen LogP contribution in [0.15, 0.2) is 58.4 Å². The van der Waals surface area contributed by atoms with E-state index in [1.54, 1.807) is 33.9 Å². The summed E-state index contributed by atoms with van der Waals surface area (Å²) in [6, 6.07) is 9.37. The van der Waals surface area contributed by atoms with E-state index in [4.69, 9.17) is 9.15 Å². The van der Waals surface area contributed by atoms with Gasteiger partial charge in [0, 0.05) is 18.6 Å². The SMILES string of the molecule is CC(C)(C)CC(=O)N(Cc1ccco1)Cc1cnc(S(=O)(=O)Cc2ccccc2F)n1C[C@H]1CCCO1. The van der Waals surface area contributed by atoms with Gasteiger partial charge in [-0.1, -0.05) is 39.0 Å². The summed E-state index contributed by atoms with van der Waals surface area (Å²) in [7, 11) is -3.99. The predicted octanol–water partition coefficient (Wildman–Crippen LogP) is 4.73. The van der Waals surface area contributed by atoms with Crippen LogP contribution in [0, 0.1) is 11.2 Å². The molecule has 0 aliphatic carbocycles. The molecular weight excluding hydrogens is 497 g/mol. The average Bonchev–Trinajstić information content (AvgIpc) is 3.57. The lowest BCUT2D eigenvalue weighted by atomic mass is 9.91. The van der Waals surface area contributed by atoms with E-state index in [0.29, 0.717) is 24.5 Å². The fourth-order valence-corrected chi connectivity index (χ4v) is 5.94. The molecule has 10 heteroatoms. The molecule has 0 spiro atoms. The minimum Gasteiger partial charge on any atom is -0.467 e. The van der Waals surface area contributed by atoms with E-state index in [0.717, 1.165) is 12.8 Å². The number of carbonyl (C=O) groups is 1. The van der Waals surface area contributed by atoms with Crippen LogP contribution in [0.25, 0.3) is 0 Å². The van der Waals surface area contributed by atoms with E-state index in [2.05, 4.69) is 4.98 Å². The Balaban J connectivity index is 1.67. The van der Waals surface area contributed by atoms with Crippen LogP contribution in [0.4, 0.5) is 4.39 Å². The maximum atomic E-state index is 14.3. The zero-order valence-corrected chi connectivity index (χ0v) is 22.3. The number of ether oxygens (including phenoxy) is 1. The third-order valence-corrected chi connectivity index (χ3v) is 7.78. The van der Waals surface area contributed by atoms with Crippen LogP contribution < -0.4 is 0 Å². The van der Waals surface area contributed by atoms with E-state index >= 15 is 0 Å². The van der Waals surface area contributed by atoms with Crippen molar-refractivity contribution in [2.45, 2.75) is 76.7 Å². The maximum absolute atomic E-state index is 14.3. The molecule has 1 saturated heterocycles. The minimum atomic E-state index is -3.99. The van der Waals surface area contributed by atoms with Crippen molar-refractivity contribution in [2.24, 2.45) is 5.41 Å². The number of hydrogen-bond acceptors (Lipinski definition) is 6. The van der Waals surface area contributed by atoms with Gasteiger partial charge < -0.3 is 18.6 Å². The molecule has 3 heterocycles. The second kappa shape index (κ2) is 11.2. The number of carbonyl (C=O) groups excluding carboxylic acids is 1. The Morgan fingerprint density at radius 1 is 1.19 bits per heavy atom. The van der Waals surface area contributed by atoms with Crippen molar-refractivity contribution in [2.75, 3.05) is 6.61 Å². The lowest BCUT2D eigenvalue weighted by Crippen LogP contribution is -2.34. The first-order chi connectivity index (χ1) is 17.5. The average molecular weight is 532 g/mol. The van der Waals surface area contributed by atoms with E-state index in [1.165, 1.54) is 24.4 Å². The summed E-state index contributed by atoms with van der Waals surface area (Å²) in [5.74, 6) is -0.550. The van der Waals surface area contributed by atoms with Crippen LogP contribution >= 0.6 is 0 Å². The van der Waals surface area contributed by atoms with Crippen LogP contribution in [-0.4, -0.2) is 41.5 Å².